The van der Waals surface area contributed by atoms with Crippen LogP contribution in [0.1, 0.15) is 56.6 Å². The number of nitrogens with zero attached hydrogens (tertiary/aromatic N) is 2. The van der Waals surface area contributed by atoms with E-state index in [0.717, 1.165) is 17.5 Å². The summed E-state index contributed by atoms with van der Waals surface area (Å²) in [6.07, 6.45) is 3.28. The van der Waals surface area contributed by atoms with Gasteiger partial charge in [0.15, 0.2) is 5.96 Å². The molecule has 1 heterocycles. The topological polar surface area (TPSA) is 267 Å². The average molecular weight is 707 g/mol. The summed E-state index contributed by atoms with van der Waals surface area (Å²) < 4.78 is 0. The molecule has 0 saturated carbocycles. The quantitative estimate of drug-likeness (QED) is 0.0484. The first-order chi connectivity index (χ1) is 24.4. The van der Waals surface area contributed by atoms with Crippen LogP contribution in [0.3, 0.4) is 0 Å². The second kappa shape index (κ2) is 20.6. The van der Waals surface area contributed by atoms with Crippen molar-refractivity contribution in [3.8, 4) is 0 Å². The molecule has 278 valence electrons. The summed E-state index contributed by atoms with van der Waals surface area (Å²) >= 11 is 0. The van der Waals surface area contributed by atoms with E-state index in [1.807, 2.05) is 60.7 Å². The van der Waals surface area contributed by atoms with Crippen molar-refractivity contribution in [1.29, 1.82) is 0 Å². The smallest absolute Gasteiger partial charge is 0.245 e. The van der Waals surface area contributed by atoms with Gasteiger partial charge in [0.2, 0.25) is 29.5 Å². The Morgan fingerprint density at radius 1 is 0.824 bits per heavy atom. The minimum Gasteiger partial charge on any atom is -0.370 e. The molecule has 13 N–H and O–H groups in total. The largest absolute Gasteiger partial charge is 0.370 e. The maximum Gasteiger partial charge on any atom is 0.245 e. The van der Waals surface area contributed by atoms with Crippen molar-refractivity contribution >= 4 is 35.5 Å². The van der Waals surface area contributed by atoms with E-state index >= 15 is 0 Å². The lowest BCUT2D eigenvalue weighted by Crippen LogP contribution is -2.58. The van der Waals surface area contributed by atoms with Gasteiger partial charge in [0.05, 0.1) is 6.04 Å². The summed E-state index contributed by atoms with van der Waals surface area (Å²) in [6.45, 7) is 2.37. The first-order valence-electron chi connectivity index (χ1n) is 17.5. The molecular weight excluding hydrogens is 652 g/mol. The monoisotopic (exact) mass is 706 g/mol. The maximum atomic E-state index is 14.0. The summed E-state index contributed by atoms with van der Waals surface area (Å²) in [4.78, 5) is 71.4. The first-order valence-corrected chi connectivity index (χ1v) is 17.5. The maximum absolute atomic E-state index is 14.0. The molecule has 0 aliphatic carbocycles. The average Bonchev–Trinajstić information content (AvgIpc) is 3.61. The van der Waals surface area contributed by atoms with Crippen LogP contribution in [-0.2, 0) is 36.8 Å². The van der Waals surface area contributed by atoms with E-state index in [2.05, 4.69) is 20.9 Å². The number of rotatable bonds is 20. The highest BCUT2D eigenvalue weighted by Gasteiger charge is 2.39. The molecule has 1 fully saturated rings. The number of nitrogens with one attached hydrogen (secondary N) is 3. The normalized spacial score (nSPS) is 16.9. The fourth-order valence-electron chi connectivity index (χ4n) is 6.05. The third-order valence-corrected chi connectivity index (χ3v) is 9.02. The molecule has 0 aromatic heterocycles. The fourth-order valence-corrected chi connectivity index (χ4v) is 6.05. The van der Waals surface area contributed by atoms with Gasteiger partial charge in [-0.15, -0.1) is 0 Å². The number of hydrogen-bond acceptors (Lipinski definition) is 8. The van der Waals surface area contributed by atoms with Gasteiger partial charge < -0.3 is 49.5 Å². The van der Waals surface area contributed by atoms with Crippen LogP contribution in [-0.4, -0.2) is 90.2 Å². The van der Waals surface area contributed by atoms with E-state index < -0.39 is 59.7 Å². The molecule has 0 bridgehead atoms. The van der Waals surface area contributed by atoms with Gasteiger partial charge in [-0.3, -0.25) is 29.0 Å². The minimum atomic E-state index is -1.07. The Morgan fingerprint density at radius 2 is 1.43 bits per heavy atom. The van der Waals surface area contributed by atoms with E-state index in [-0.39, 0.29) is 37.8 Å². The van der Waals surface area contributed by atoms with Gasteiger partial charge in [-0.2, -0.15) is 0 Å². The van der Waals surface area contributed by atoms with Crippen LogP contribution in [0.5, 0.6) is 0 Å². The summed E-state index contributed by atoms with van der Waals surface area (Å²) in [5.74, 6) is -2.78. The van der Waals surface area contributed by atoms with Crippen LogP contribution in [0.4, 0.5) is 0 Å². The Labute approximate surface area is 299 Å². The molecule has 6 atom stereocenters. The number of primary amides is 1. The van der Waals surface area contributed by atoms with E-state index in [0.29, 0.717) is 38.6 Å². The molecule has 0 spiro atoms. The van der Waals surface area contributed by atoms with Gasteiger partial charge in [-0.1, -0.05) is 60.7 Å². The van der Waals surface area contributed by atoms with Crippen LogP contribution in [0, 0.1) is 5.92 Å². The Bertz CT molecular complexity index is 1470. The lowest BCUT2D eigenvalue weighted by molar-refractivity contribution is -0.142. The molecule has 1 aliphatic heterocycles. The number of likely N-dealkylation sites (tertiary alicyclic amines) is 1. The van der Waals surface area contributed by atoms with Crippen molar-refractivity contribution in [3.05, 3.63) is 71.8 Å². The van der Waals surface area contributed by atoms with Gasteiger partial charge >= 0.3 is 0 Å². The molecular formula is C36H54N10O5. The third-order valence-electron chi connectivity index (χ3n) is 9.02. The first kappa shape index (κ1) is 40.4. The highest BCUT2D eigenvalue weighted by atomic mass is 16.2. The zero-order chi connectivity index (χ0) is 37.3. The summed E-state index contributed by atoms with van der Waals surface area (Å²) in [7, 11) is 0. The number of guanidine groups is 1. The lowest BCUT2D eigenvalue weighted by Gasteiger charge is -2.30. The molecule has 15 heteroatoms. The van der Waals surface area contributed by atoms with Gasteiger partial charge in [0, 0.05) is 19.5 Å². The predicted molar refractivity (Wildman–Crippen MR) is 195 cm³/mol. The summed E-state index contributed by atoms with van der Waals surface area (Å²) in [6, 6.07) is 14.3. The van der Waals surface area contributed by atoms with Crippen molar-refractivity contribution in [2.75, 3.05) is 19.6 Å². The second-order valence-electron chi connectivity index (χ2n) is 13.1. The number of amides is 5. The van der Waals surface area contributed by atoms with Crippen LogP contribution < -0.4 is 44.6 Å². The second-order valence-corrected chi connectivity index (χ2v) is 13.1. The van der Waals surface area contributed by atoms with Gasteiger partial charge in [-0.25, -0.2) is 0 Å². The molecule has 1 saturated heterocycles. The van der Waals surface area contributed by atoms with Crippen LogP contribution in [0.15, 0.2) is 65.7 Å². The molecule has 3 rings (SSSR count). The Kier molecular flexibility index (Phi) is 16.3. The molecule has 15 nitrogen and oxygen atoms in total. The van der Waals surface area contributed by atoms with Gasteiger partial charge in [0.25, 0.3) is 0 Å². The molecule has 5 amide bonds. The van der Waals surface area contributed by atoms with Crippen LogP contribution in [0.25, 0.3) is 0 Å². The van der Waals surface area contributed by atoms with Crippen molar-refractivity contribution < 1.29 is 24.0 Å². The molecule has 0 radical (unpaired) electrons. The van der Waals surface area contributed by atoms with Crippen LogP contribution >= 0.6 is 0 Å². The number of carbonyl (C=O) groups is 5. The fraction of sp³-hybridized carbons (Fsp3) is 0.500. The highest BCUT2D eigenvalue weighted by Crippen LogP contribution is 2.20. The standard InChI is InChI=1S/C36H54N10O5/c1-23(31(39)47)43-34(50)30-15-9-19-46(30)35(51)28(14-8-18-42-36(40)41)44-33(49)29(21-25-12-6-3-7-13-25)45-32(48)27(38)17-16-26(22-37)20-24-10-4-2-5-11-24/h2-7,10-13,23,26-30H,8-9,14-22,37-38H2,1H3,(H2,39,47)(H,43,50)(H,44,49)(H,45,48)(H4,40,41,42)/t23-,26?,27+,28+,29+,30+/m1/s1. The molecule has 2 aromatic carbocycles. The number of aliphatic imine (C=N–C) groups is 1. The SMILES string of the molecule is C[C@@H](NC(=O)[C@@H]1CCCN1C(=O)[C@H](CCCN=C(N)N)NC(=O)[C@H](Cc1ccccc1)NC(=O)[C@@H](N)CCC(CN)Cc1ccccc1)C(N)=O. The van der Waals surface area contributed by atoms with Crippen molar-refractivity contribution in [2.45, 2.75) is 88.5 Å². The number of hydrogen-bond donors (Lipinski definition) is 8. The predicted octanol–water partition coefficient (Wildman–Crippen LogP) is -0.842. The Hall–Kier alpha value is -5.02. The minimum absolute atomic E-state index is 0.110. The molecule has 1 unspecified atom stereocenters. The highest BCUT2D eigenvalue weighted by molar-refractivity contribution is 5.96. The van der Waals surface area contributed by atoms with Crippen molar-refractivity contribution in [3.63, 3.8) is 0 Å². The van der Waals surface area contributed by atoms with Crippen LogP contribution in [0.2, 0.25) is 0 Å². The zero-order valence-electron chi connectivity index (χ0n) is 29.3. The number of benzene rings is 2. The van der Waals surface area contributed by atoms with Gasteiger partial charge in [-0.05, 0) is 75.5 Å². The van der Waals surface area contributed by atoms with E-state index in [1.165, 1.54) is 11.8 Å². The summed E-state index contributed by atoms with van der Waals surface area (Å²) in [5, 5.41) is 8.20. The Balaban J connectivity index is 1.76. The molecule has 2 aromatic rings. The zero-order valence-corrected chi connectivity index (χ0v) is 29.3. The van der Waals surface area contributed by atoms with E-state index in [1.54, 1.807) is 0 Å². The Morgan fingerprint density at radius 3 is 2.02 bits per heavy atom. The molecule has 1 aliphatic rings. The van der Waals surface area contributed by atoms with Gasteiger partial charge in [0.1, 0.15) is 24.2 Å². The van der Waals surface area contributed by atoms with Crippen molar-refractivity contribution in [1.82, 2.24) is 20.9 Å². The lowest BCUT2D eigenvalue weighted by atomic mass is 9.93. The number of nitrogens with two attached hydrogens (primary N) is 5. The van der Waals surface area contributed by atoms with E-state index in [4.69, 9.17) is 28.7 Å². The van der Waals surface area contributed by atoms with E-state index in [9.17, 15) is 24.0 Å². The number of carbonyl (C=O) groups excluding carboxylic acids is 5. The third kappa shape index (κ3) is 13.3. The summed E-state index contributed by atoms with van der Waals surface area (Å²) in [5.41, 5.74) is 30.6. The molecule has 51 heavy (non-hydrogen) atoms. The van der Waals surface area contributed by atoms with Crippen molar-refractivity contribution in [2.24, 2.45) is 39.6 Å².